The van der Waals surface area contributed by atoms with Crippen molar-refractivity contribution in [2.45, 2.75) is 18.7 Å². The summed E-state index contributed by atoms with van der Waals surface area (Å²) in [6, 6.07) is 9.88. The molecule has 0 atom stereocenters. The van der Waals surface area contributed by atoms with Crippen LogP contribution in [-0.4, -0.2) is 22.6 Å². The summed E-state index contributed by atoms with van der Waals surface area (Å²) in [4.78, 5) is 0.162. The van der Waals surface area contributed by atoms with Crippen LogP contribution in [0.2, 0.25) is 0 Å². The second-order valence-electron chi connectivity index (χ2n) is 4.94. The second kappa shape index (κ2) is 6.27. The van der Waals surface area contributed by atoms with Crippen molar-refractivity contribution in [2.75, 3.05) is 18.9 Å². The average Bonchev–Trinajstić information content (AvgIpc) is 2.46. The topological polar surface area (TPSA) is 64.6 Å². The van der Waals surface area contributed by atoms with E-state index in [1.807, 2.05) is 19.9 Å². The Morgan fingerprint density at radius 3 is 2.14 bits per heavy atom. The molecule has 0 unspecified atom stereocenters. The Hall–Kier alpha value is -2.21. The molecule has 118 valence electrons. The van der Waals surface area contributed by atoms with Gasteiger partial charge in [-0.05, 0) is 55.3 Å². The highest BCUT2D eigenvalue weighted by atomic mass is 32.2. The number of nitrogens with one attached hydrogen (secondary N) is 1. The summed E-state index contributed by atoms with van der Waals surface area (Å²) in [5.74, 6) is 1.12. The Bertz CT molecular complexity index is 767. The molecule has 0 heterocycles. The fourth-order valence-electron chi connectivity index (χ4n) is 2.26. The minimum absolute atomic E-state index is 0.162. The van der Waals surface area contributed by atoms with Gasteiger partial charge in [0.15, 0.2) is 0 Å². The molecule has 5 nitrogen and oxygen atoms in total. The number of methoxy groups -OCH3 is 2. The summed E-state index contributed by atoms with van der Waals surface area (Å²) >= 11 is 0. The Kier molecular flexibility index (Phi) is 4.61. The Morgan fingerprint density at radius 1 is 0.955 bits per heavy atom. The van der Waals surface area contributed by atoms with Crippen LogP contribution < -0.4 is 14.2 Å². The first-order chi connectivity index (χ1) is 10.4. The van der Waals surface area contributed by atoms with Gasteiger partial charge in [0, 0.05) is 0 Å². The molecule has 0 fully saturated rings. The van der Waals surface area contributed by atoms with E-state index < -0.39 is 10.0 Å². The van der Waals surface area contributed by atoms with E-state index in [9.17, 15) is 8.42 Å². The molecule has 2 aromatic carbocycles. The first-order valence-corrected chi connectivity index (χ1v) is 8.18. The zero-order chi connectivity index (χ0) is 16.3. The van der Waals surface area contributed by atoms with Gasteiger partial charge >= 0.3 is 0 Å². The van der Waals surface area contributed by atoms with E-state index in [0.29, 0.717) is 17.2 Å². The highest BCUT2D eigenvalue weighted by Gasteiger charge is 2.18. The van der Waals surface area contributed by atoms with E-state index >= 15 is 0 Å². The van der Waals surface area contributed by atoms with Crippen LogP contribution >= 0.6 is 0 Å². The van der Waals surface area contributed by atoms with Crippen molar-refractivity contribution in [3.63, 3.8) is 0 Å². The van der Waals surface area contributed by atoms with Crippen LogP contribution in [0.15, 0.2) is 41.3 Å². The minimum atomic E-state index is -3.69. The Morgan fingerprint density at radius 2 is 1.59 bits per heavy atom. The van der Waals surface area contributed by atoms with Gasteiger partial charge in [-0.25, -0.2) is 8.42 Å². The number of aryl methyl sites for hydroxylation is 2. The van der Waals surface area contributed by atoms with Gasteiger partial charge < -0.3 is 9.47 Å². The molecular formula is C16H19NO4S. The molecule has 0 aromatic heterocycles. The van der Waals surface area contributed by atoms with Gasteiger partial charge in [-0.2, -0.15) is 0 Å². The average molecular weight is 321 g/mol. The van der Waals surface area contributed by atoms with E-state index in [4.69, 9.17) is 9.47 Å². The van der Waals surface area contributed by atoms with E-state index in [-0.39, 0.29) is 4.90 Å². The zero-order valence-electron chi connectivity index (χ0n) is 13.0. The number of ether oxygens (including phenoxy) is 2. The Labute approximate surface area is 130 Å². The molecule has 0 aliphatic rings. The van der Waals surface area contributed by atoms with Gasteiger partial charge in [0.1, 0.15) is 11.5 Å². The van der Waals surface area contributed by atoms with Crippen LogP contribution in [0.5, 0.6) is 11.5 Å². The van der Waals surface area contributed by atoms with Crippen molar-refractivity contribution in [2.24, 2.45) is 0 Å². The molecule has 0 spiro atoms. The van der Waals surface area contributed by atoms with E-state index in [2.05, 4.69) is 4.72 Å². The van der Waals surface area contributed by atoms with Gasteiger partial charge in [-0.15, -0.1) is 0 Å². The molecule has 0 bridgehead atoms. The second-order valence-corrected chi connectivity index (χ2v) is 6.63. The summed E-state index contributed by atoms with van der Waals surface area (Å²) in [6.07, 6.45) is 0. The third kappa shape index (κ3) is 3.33. The fourth-order valence-corrected chi connectivity index (χ4v) is 3.31. The third-order valence-corrected chi connectivity index (χ3v) is 4.62. The van der Waals surface area contributed by atoms with Crippen molar-refractivity contribution < 1.29 is 17.9 Å². The number of hydrogen-bond donors (Lipinski definition) is 1. The van der Waals surface area contributed by atoms with Crippen molar-refractivity contribution in [3.8, 4) is 11.5 Å². The highest BCUT2D eigenvalue weighted by molar-refractivity contribution is 7.92. The Balaban J connectivity index is 2.40. The molecule has 2 rings (SSSR count). The van der Waals surface area contributed by atoms with Crippen LogP contribution in [0.1, 0.15) is 11.1 Å². The van der Waals surface area contributed by atoms with Crippen LogP contribution in [0.4, 0.5) is 5.69 Å². The summed E-state index contributed by atoms with van der Waals surface area (Å²) in [6.45, 7) is 3.77. The zero-order valence-corrected chi connectivity index (χ0v) is 13.8. The first-order valence-electron chi connectivity index (χ1n) is 6.69. The molecule has 2 aromatic rings. The van der Waals surface area contributed by atoms with Crippen LogP contribution in [0.25, 0.3) is 0 Å². The quantitative estimate of drug-likeness (QED) is 0.919. The van der Waals surface area contributed by atoms with Gasteiger partial charge in [0.2, 0.25) is 0 Å². The first kappa shape index (κ1) is 16.2. The molecule has 22 heavy (non-hydrogen) atoms. The number of hydrogen-bond acceptors (Lipinski definition) is 4. The largest absolute Gasteiger partial charge is 0.497 e. The molecule has 0 saturated carbocycles. The number of rotatable bonds is 5. The molecule has 0 saturated heterocycles. The molecule has 1 N–H and O–H groups in total. The lowest BCUT2D eigenvalue weighted by atomic mass is 10.1. The number of anilines is 1. The summed E-state index contributed by atoms with van der Waals surface area (Å²) in [5.41, 5.74) is 2.25. The SMILES string of the molecule is COc1ccc(S(=O)(=O)Nc2cc(C)cc(C)c2OC)cc1. The maximum Gasteiger partial charge on any atom is 0.262 e. The summed E-state index contributed by atoms with van der Waals surface area (Å²) < 4.78 is 37.9. The minimum Gasteiger partial charge on any atom is -0.497 e. The lowest BCUT2D eigenvalue weighted by Gasteiger charge is -2.15. The van der Waals surface area contributed by atoms with Gasteiger partial charge in [-0.1, -0.05) is 6.07 Å². The van der Waals surface area contributed by atoms with E-state index in [0.717, 1.165) is 11.1 Å². The summed E-state index contributed by atoms with van der Waals surface area (Å²) in [5, 5.41) is 0. The predicted molar refractivity (Wildman–Crippen MR) is 86.3 cm³/mol. The molecule has 0 radical (unpaired) electrons. The number of benzene rings is 2. The van der Waals surface area contributed by atoms with Crippen LogP contribution in [0, 0.1) is 13.8 Å². The van der Waals surface area contributed by atoms with Crippen molar-refractivity contribution in [1.82, 2.24) is 0 Å². The standard InChI is InChI=1S/C16H19NO4S/c1-11-9-12(2)16(21-4)15(10-11)17-22(18,19)14-7-5-13(20-3)6-8-14/h5-10,17H,1-4H3. The molecule has 0 aliphatic heterocycles. The van der Waals surface area contributed by atoms with Crippen LogP contribution in [-0.2, 0) is 10.0 Å². The predicted octanol–water partition coefficient (Wildman–Crippen LogP) is 3.12. The lowest BCUT2D eigenvalue weighted by molar-refractivity contribution is 0.413. The maximum absolute atomic E-state index is 12.5. The number of sulfonamides is 1. The monoisotopic (exact) mass is 321 g/mol. The van der Waals surface area contributed by atoms with E-state index in [1.54, 1.807) is 18.2 Å². The van der Waals surface area contributed by atoms with Crippen molar-refractivity contribution in [3.05, 3.63) is 47.5 Å². The normalized spacial score (nSPS) is 11.1. The molecule has 6 heteroatoms. The maximum atomic E-state index is 12.5. The van der Waals surface area contributed by atoms with Crippen molar-refractivity contribution in [1.29, 1.82) is 0 Å². The van der Waals surface area contributed by atoms with Gasteiger partial charge in [0.05, 0.1) is 24.8 Å². The third-order valence-electron chi connectivity index (χ3n) is 3.24. The molecule has 0 aliphatic carbocycles. The molecular weight excluding hydrogens is 302 g/mol. The lowest BCUT2D eigenvalue weighted by Crippen LogP contribution is -2.14. The van der Waals surface area contributed by atoms with Gasteiger partial charge in [-0.3, -0.25) is 4.72 Å². The smallest absolute Gasteiger partial charge is 0.262 e. The van der Waals surface area contributed by atoms with Crippen molar-refractivity contribution >= 4 is 15.7 Å². The van der Waals surface area contributed by atoms with Gasteiger partial charge in [0.25, 0.3) is 10.0 Å². The fraction of sp³-hybridized carbons (Fsp3) is 0.250. The molecule has 0 amide bonds. The van der Waals surface area contributed by atoms with E-state index in [1.165, 1.54) is 26.4 Å². The summed E-state index contributed by atoms with van der Waals surface area (Å²) in [7, 11) is -0.643. The van der Waals surface area contributed by atoms with Crippen LogP contribution in [0.3, 0.4) is 0 Å². The highest BCUT2D eigenvalue weighted by Crippen LogP contribution is 2.31.